The molecule has 0 bridgehead atoms. The molecule has 7 heteroatoms. The highest BCUT2D eigenvalue weighted by Gasteiger charge is 2.26. The van der Waals surface area contributed by atoms with Crippen LogP contribution in [0.3, 0.4) is 0 Å². The van der Waals surface area contributed by atoms with E-state index in [1.165, 1.54) is 16.0 Å². The minimum Gasteiger partial charge on any atom is -0.402 e. The zero-order valence-electron chi connectivity index (χ0n) is 23.8. The smallest absolute Gasteiger partial charge is 0.402 e. The van der Waals surface area contributed by atoms with Gasteiger partial charge in [-0.3, -0.25) is 0 Å². The molecule has 3 rings (SSSR count). The molecule has 2 aromatic carbocycles. The largest absolute Gasteiger partial charge is 0.414 e. The summed E-state index contributed by atoms with van der Waals surface area (Å²) in [7, 11) is 7.37. The zero-order chi connectivity index (χ0) is 27.5. The highest BCUT2D eigenvalue weighted by atomic mass is 16.6. The van der Waals surface area contributed by atoms with Gasteiger partial charge in [-0.15, -0.1) is 0 Å². The van der Waals surface area contributed by atoms with Crippen molar-refractivity contribution in [1.82, 2.24) is 14.9 Å². The molecule has 1 aromatic heterocycles. The third-order valence-electron chi connectivity index (χ3n) is 6.85. The molecule has 204 valence electrons. The Morgan fingerprint density at radius 3 is 1.53 bits per heavy atom. The Labute approximate surface area is 228 Å². The van der Waals surface area contributed by atoms with Crippen molar-refractivity contribution in [3.05, 3.63) is 78.1 Å². The van der Waals surface area contributed by atoms with Gasteiger partial charge in [0.05, 0.1) is 0 Å². The zero-order valence-corrected chi connectivity index (χ0v) is 23.8. The number of rotatable bonds is 13. The second-order valence-corrected chi connectivity index (χ2v) is 10.2. The summed E-state index contributed by atoms with van der Waals surface area (Å²) < 4.78 is 5.95. The predicted molar refractivity (Wildman–Crippen MR) is 156 cm³/mol. The summed E-state index contributed by atoms with van der Waals surface area (Å²) in [4.78, 5) is 27.6. The van der Waals surface area contributed by atoms with E-state index in [4.69, 9.17) is 4.74 Å². The summed E-state index contributed by atoms with van der Waals surface area (Å²) in [6, 6.07) is 21.1. The molecule has 38 heavy (non-hydrogen) atoms. The molecule has 3 aromatic rings. The van der Waals surface area contributed by atoms with Gasteiger partial charge >= 0.3 is 6.09 Å². The van der Waals surface area contributed by atoms with E-state index in [2.05, 4.69) is 82.1 Å². The van der Waals surface area contributed by atoms with Crippen LogP contribution in [-0.4, -0.2) is 62.2 Å². The fourth-order valence-electron chi connectivity index (χ4n) is 4.88. The Balaban J connectivity index is 1.95. The maximum atomic E-state index is 12.8. The summed E-state index contributed by atoms with van der Waals surface area (Å²) in [6.45, 7) is 5.90. The number of ether oxygens (including phenoxy) is 1. The summed E-state index contributed by atoms with van der Waals surface area (Å²) in [5.74, 6) is 2.27. The van der Waals surface area contributed by atoms with Crippen LogP contribution in [0.4, 0.5) is 16.4 Å². The van der Waals surface area contributed by atoms with Crippen molar-refractivity contribution in [2.75, 3.05) is 51.1 Å². The van der Waals surface area contributed by atoms with Gasteiger partial charge in [0.1, 0.15) is 6.33 Å². The highest BCUT2D eigenvalue weighted by Crippen LogP contribution is 2.37. The first-order valence-electron chi connectivity index (χ1n) is 13.6. The lowest BCUT2D eigenvalue weighted by atomic mass is 9.94. The lowest BCUT2D eigenvalue weighted by Crippen LogP contribution is -2.31. The Morgan fingerprint density at radius 1 is 0.737 bits per heavy atom. The van der Waals surface area contributed by atoms with Gasteiger partial charge < -0.3 is 19.4 Å². The number of carbonyl (C=O) groups is 1. The van der Waals surface area contributed by atoms with E-state index >= 15 is 0 Å². The highest BCUT2D eigenvalue weighted by molar-refractivity contribution is 5.76. The number of benzene rings is 2. The van der Waals surface area contributed by atoms with Crippen LogP contribution in [0.2, 0.25) is 0 Å². The predicted octanol–water partition coefficient (Wildman–Crippen LogP) is 6.58. The van der Waals surface area contributed by atoms with Crippen LogP contribution >= 0.6 is 0 Å². The van der Waals surface area contributed by atoms with Crippen LogP contribution in [0.1, 0.15) is 62.5 Å². The third kappa shape index (κ3) is 7.70. The molecule has 0 aliphatic rings. The first-order chi connectivity index (χ1) is 18.3. The van der Waals surface area contributed by atoms with E-state index in [0.717, 1.165) is 38.8 Å². The standard InChI is InChI=1S/C31H43N5O2/c1-7-15-26(24-17-11-9-12-18-24)21-35(5)29-28(38-31(37)34(3)4)30(33-23-32-29)36(6)22-27(16-8-2)25-19-13-10-14-20-25/h9-14,17-20,23,26-27H,7-8,15-16,21-22H2,1-6H3. The molecule has 2 atom stereocenters. The topological polar surface area (TPSA) is 61.8 Å². The Morgan fingerprint density at radius 2 is 1.16 bits per heavy atom. The monoisotopic (exact) mass is 517 g/mol. The van der Waals surface area contributed by atoms with Gasteiger partial charge in [0.2, 0.25) is 5.75 Å². The van der Waals surface area contributed by atoms with Gasteiger partial charge in [0.15, 0.2) is 11.6 Å². The molecule has 0 radical (unpaired) electrons. The van der Waals surface area contributed by atoms with Gasteiger partial charge in [-0.1, -0.05) is 87.4 Å². The number of nitrogens with zero attached hydrogens (tertiary/aromatic N) is 5. The second-order valence-electron chi connectivity index (χ2n) is 10.2. The molecule has 7 nitrogen and oxygen atoms in total. The number of likely N-dealkylation sites (N-methyl/N-ethyl adjacent to an activating group) is 2. The van der Waals surface area contributed by atoms with Crippen LogP contribution < -0.4 is 14.5 Å². The summed E-state index contributed by atoms with van der Waals surface area (Å²) in [6.07, 6.45) is 5.37. The average Bonchev–Trinajstić information content (AvgIpc) is 2.93. The van der Waals surface area contributed by atoms with E-state index in [1.807, 2.05) is 26.2 Å². The molecule has 0 N–H and O–H groups in total. The Bertz CT molecular complexity index is 1050. The van der Waals surface area contributed by atoms with Crippen molar-refractivity contribution in [2.24, 2.45) is 0 Å². The first-order valence-corrected chi connectivity index (χ1v) is 13.6. The maximum absolute atomic E-state index is 12.8. The molecule has 0 saturated carbocycles. The van der Waals surface area contributed by atoms with Gasteiger partial charge in [0, 0.05) is 53.1 Å². The molecule has 1 heterocycles. The van der Waals surface area contributed by atoms with Crippen LogP contribution in [0.25, 0.3) is 0 Å². The van der Waals surface area contributed by atoms with Crippen molar-refractivity contribution in [2.45, 2.75) is 51.4 Å². The van der Waals surface area contributed by atoms with Gasteiger partial charge in [-0.05, 0) is 24.0 Å². The van der Waals surface area contributed by atoms with Gasteiger partial charge in [-0.2, -0.15) is 0 Å². The molecule has 0 aliphatic heterocycles. The van der Waals surface area contributed by atoms with Crippen LogP contribution in [0, 0.1) is 0 Å². The molecule has 0 spiro atoms. The summed E-state index contributed by atoms with van der Waals surface area (Å²) >= 11 is 0. The maximum Gasteiger partial charge on any atom is 0.414 e. The van der Waals surface area contributed by atoms with E-state index in [1.54, 1.807) is 20.4 Å². The SMILES string of the molecule is CCCC(CN(C)c1ncnc(N(C)CC(CCC)c2ccccc2)c1OC(=O)N(C)C)c1ccccc1. The number of amides is 1. The lowest BCUT2D eigenvalue weighted by molar-refractivity contribution is 0.172. The van der Waals surface area contributed by atoms with Crippen LogP contribution in [0.15, 0.2) is 67.0 Å². The van der Waals surface area contributed by atoms with Crippen molar-refractivity contribution in [3.63, 3.8) is 0 Å². The molecule has 1 amide bonds. The van der Waals surface area contributed by atoms with E-state index in [-0.39, 0.29) is 0 Å². The Hall–Kier alpha value is -3.61. The Kier molecular flexibility index (Phi) is 10.9. The fraction of sp³-hybridized carbons (Fsp3) is 0.452. The molecular formula is C31H43N5O2. The van der Waals surface area contributed by atoms with Crippen LogP contribution in [-0.2, 0) is 0 Å². The number of aromatic nitrogens is 2. The molecule has 0 aliphatic carbocycles. The quantitative estimate of drug-likeness (QED) is 0.255. The minimum atomic E-state index is -0.453. The second kappa shape index (κ2) is 14.4. The number of hydrogen-bond donors (Lipinski definition) is 0. The van der Waals surface area contributed by atoms with Crippen molar-refractivity contribution < 1.29 is 9.53 Å². The molecule has 0 fully saturated rings. The van der Waals surface area contributed by atoms with Crippen molar-refractivity contribution in [1.29, 1.82) is 0 Å². The third-order valence-corrected chi connectivity index (χ3v) is 6.85. The summed E-state index contributed by atoms with van der Waals surface area (Å²) in [5.41, 5.74) is 2.59. The van der Waals surface area contributed by atoms with Crippen molar-refractivity contribution >= 4 is 17.7 Å². The molecule has 0 saturated heterocycles. The van der Waals surface area contributed by atoms with Crippen molar-refractivity contribution in [3.8, 4) is 5.75 Å². The van der Waals surface area contributed by atoms with Crippen LogP contribution in [0.5, 0.6) is 5.75 Å². The fourth-order valence-corrected chi connectivity index (χ4v) is 4.88. The minimum absolute atomic E-state index is 0.326. The lowest BCUT2D eigenvalue weighted by Gasteiger charge is -2.30. The number of anilines is 2. The van der Waals surface area contributed by atoms with E-state index < -0.39 is 6.09 Å². The normalized spacial score (nSPS) is 12.5. The van der Waals surface area contributed by atoms with Gasteiger partial charge in [-0.25, -0.2) is 14.8 Å². The van der Waals surface area contributed by atoms with E-state index in [9.17, 15) is 4.79 Å². The van der Waals surface area contributed by atoms with Gasteiger partial charge in [0.25, 0.3) is 0 Å². The first kappa shape index (κ1) is 29.0. The van der Waals surface area contributed by atoms with E-state index in [0.29, 0.717) is 29.2 Å². The average molecular weight is 518 g/mol. The molecular weight excluding hydrogens is 474 g/mol. The number of carbonyl (C=O) groups excluding carboxylic acids is 1. The summed E-state index contributed by atoms with van der Waals surface area (Å²) in [5, 5.41) is 0. The molecule has 2 unspecified atom stereocenters. The number of hydrogen-bond acceptors (Lipinski definition) is 6.